The number of carbonyl (C=O) groups is 6. The molecule has 2 aliphatic heterocycles. The summed E-state index contributed by atoms with van der Waals surface area (Å²) in [6, 6.07) is 44.4. The molecule has 488 valence electrons. The lowest BCUT2D eigenvalue weighted by atomic mass is 9.75. The number of ketones is 2. The molecule has 0 spiro atoms. The SMILES string of the molecule is N#CC(C#N)=C1/C(=N/c2cc3c(s2)C2=CC4C=C5OC(C(=O)OCc6ccccc6)(C(=O)OCc6ccccc6)c6cc(NC7C(=O)c8cc(F)c(F)cc8C7=C(C#N)C#N)sc6C5=CC4C=C2OC3(C(=O)OCc2ccccc2)C(=O)OCc2ccccc2)C(=O)c2cc(F)c(F)cc21. The number of Topliss-reactive ketones (excluding diaryl/α,β-unsaturated/α-hetero) is 2. The van der Waals surface area contributed by atoms with Crippen molar-refractivity contribution in [1.29, 1.82) is 21.0 Å². The summed E-state index contributed by atoms with van der Waals surface area (Å²) in [5.41, 5.74) is -7.63. The van der Waals surface area contributed by atoms with Crippen molar-refractivity contribution in [2.24, 2.45) is 16.8 Å². The van der Waals surface area contributed by atoms with E-state index >= 15 is 28.0 Å². The van der Waals surface area contributed by atoms with Gasteiger partial charge in [0.05, 0.1) is 5.00 Å². The molecule has 2 aromatic heterocycles. The van der Waals surface area contributed by atoms with Gasteiger partial charge in [-0.3, -0.25) is 9.59 Å². The summed E-state index contributed by atoms with van der Waals surface area (Å²) in [6.07, 6.45) is 6.52. The predicted molar refractivity (Wildman–Crippen MR) is 350 cm³/mol. The average Bonchev–Trinajstić information content (AvgIpc) is 1.30. The van der Waals surface area contributed by atoms with Crippen LogP contribution in [0.5, 0.6) is 0 Å². The molecule has 4 aliphatic carbocycles. The molecule has 14 rings (SSSR count). The lowest BCUT2D eigenvalue weighted by molar-refractivity contribution is -0.191. The highest BCUT2D eigenvalue weighted by Gasteiger charge is 2.62. The van der Waals surface area contributed by atoms with Gasteiger partial charge in [-0.25, -0.2) is 41.7 Å². The monoisotopic (exact) mass is 1370 g/mol. The number of nitriles is 4. The third-order valence-corrected chi connectivity index (χ3v) is 19.4. The summed E-state index contributed by atoms with van der Waals surface area (Å²) in [7, 11) is 0. The van der Waals surface area contributed by atoms with Crippen molar-refractivity contribution in [3.63, 3.8) is 0 Å². The Balaban J connectivity index is 0.946. The zero-order chi connectivity index (χ0) is 69.7. The molecule has 0 bridgehead atoms. The summed E-state index contributed by atoms with van der Waals surface area (Å²) in [6.45, 7) is -1.57. The second-order valence-corrected chi connectivity index (χ2v) is 25.3. The number of hydrogen-bond donors (Lipinski definition) is 1. The number of ether oxygens (including phenoxy) is 6. The predicted octanol–water partition coefficient (Wildman–Crippen LogP) is 13.5. The molecule has 4 heterocycles. The van der Waals surface area contributed by atoms with Crippen LogP contribution in [0.2, 0.25) is 0 Å². The summed E-state index contributed by atoms with van der Waals surface area (Å²) in [4.78, 5) is 95.5. The van der Waals surface area contributed by atoms with Gasteiger partial charge in [-0.2, -0.15) is 21.0 Å². The van der Waals surface area contributed by atoms with Gasteiger partial charge in [-0.15, -0.1) is 22.7 Å². The van der Waals surface area contributed by atoms with Crippen molar-refractivity contribution >= 4 is 96.1 Å². The molecular weight excluding hydrogens is 1330 g/mol. The molecule has 0 saturated heterocycles. The average molecular weight is 1370 g/mol. The second-order valence-electron chi connectivity index (χ2n) is 23.2. The summed E-state index contributed by atoms with van der Waals surface area (Å²) < 4.78 is 97.7. The number of nitrogens with zero attached hydrogens (tertiary/aromatic N) is 5. The van der Waals surface area contributed by atoms with E-state index in [0.717, 1.165) is 22.7 Å². The van der Waals surface area contributed by atoms with Crippen LogP contribution in [0.25, 0.3) is 22.3 Å². The zero-order valence-electron chi connectivity index (χ0n) is 51.3. The molecule has 0 fully saturated rings. The van der Waals surface area contributed by atoms with Crippen LogP contribution >= 0.6 is 22.7 Å². The van der Waals surface area contributed by atoms with E-state index in [1.165, 1.54) is 12.1 Å². The Morgan fingerprint density at radius 3 is 1.31 bits per heavy atom. The van der Waals surface area contributed by atoms with Gasteiger partial charge in [-0.1, -0.05) is 133 Å². The molecule has 3 unspecified atom stereocenters. The second kappa shape index (κ2) is 25.9. The van der Waals surface area contributed by atoms with Gasteiger partial charge >= 0.3 is 35.1 Å². The number of allylic oxidation sites excluding steroid dienone is 9. The number of thiophene rings is 2. The quantitative estimate of drug-likeness (QED) is 0.0328. The van der Waals surface area contributed by atoms with E-state index in [9.17, 15) is 39.4 Å². The number of halogens is 4. The molecule has 0 amide bonds. The molecule has 18 nitrogen and oxygen atoms in total. The maximum atomic E-state index is 15.5. The number of fused-ring (bicyclic) bond motifs is 9. The summed E-state index contributed by atoms with van der Waals surface area (Å²) >= 11 is 1.67. The van der Waals surface area contributed by atoms with Crippen molar-refractivity contribution in [2.75, 3.05) is 5.32 Å². The highest BCUT2D eigenvalue weighted by atomic mass is 32.1. The highest BCUT2D eigenvalue weighted by Crippen LogP contribution is 2.58. The van der Waals surface area contributed by atoms with E-state index in [1.54, 1.807) is 170 Å². The molecule has 6 aliphatic rings. The minimum absolute atomic E-state index is 0.00685. The van der Waals surface area contributed by atoms with E-state index in [2.05, 4.69) is 10.3 Å². The zero-order valence-corrected chi connectivity index (χ0v) is 53.0. The van der Waals surface area contributed by atoms with Crippen LogP contribution in [0, 0.1) is 80.4 Å². The first-order chi connectivity index (χ1) is 48.5. The van der Waals surface area contributed by atoms with E-state index < -0.39 is 129 Å². The largest absolute Gasteiger partial charge is 0.459 e. The molecule has 1 N–H and O–H groups in total. The fourth-order valence-electron chi connectivity index (χ4n) is 12.5. The molecule has 0 saturated carbocycles. The van der Waals surface area contributed by atoms with Crippen LogP contribution in [-0.2, 0) is 85.2 Å². The Hall–Kier alpha value is -12.9. The third kappa shape index (κ3) is 11.1. The number of anilines is 1. The van der Waals surface area contributed by atoms with Gasteiger partial charge < -0.3 is 33.7 Å². The lowest BCUT2D eigenvalue weighted by Crippen LogP contribution is -2.51. The van der Waals surface area contributed by atoms with Crippen LogP contribution in [-0.4, -0.2) is 47.2 Å². The van der Waals surface area contributed by atoms with Crippen molar-refractivity contribution in [3.8, 4) is 24.3 Å². The van der Waals surface area contributed by atoms with E-state index in [0.29, 0.717) is 46.5 Å². The first-order valence-electron chi connectivity index (χ1n) is 30.4. The van der Waals surface area contributed by atoms with Crippen molar-refractivity contribution < 1.29 is 74.8 Å². The van der Waals surface area contributed by atoms with Crippen LogP contribution < -0.4 is 5.32 Å². The van der Waals surface area contributed by atoms with Crippen LogP contribution in [0.3, 0.4) is 0 Å². The topological polar surface area (TPSA) is 277 Å². The maximum absolute atomic E-state index is 15.5. The Labute approximate surface area is 572 Å². The van der Waals surface area contributed by atoms with Crippen molar-refractivity contribution in [3.05, 3.63) is 293 Å². The Kier molecular flexibility index (Phi) is 16.7. The highest BCUT2D eigenvalue weighted by molar-refractivity contribution is 7.17. The van der Waals surface area contributed by atoms with E-state index in [1.807, 2.05) is 0 Å². The van der Waals surface area contributed by atoms with E-state index in [4.69, 9.17) is 28.4 Å². The minimum atomic E-state index is -2.88. The number of carbonyl (C=O) groups excluding carboxylic acids is 6. The number of hydrogen-bond acceptors (Lipinski definition) is 20. The molecular formula is C76H42F4N6O12S2. The number of rotatable bonds is 15. The Morgan fingerprint density at radius 1 is 0.490 bits per heavy atom. The fraction of sp³-hybridized carbons (Fsp3) is 0.118. The molecule has 8 aromatic rings. The molecule has 6 aromatic carbocycles. The number of benzene rings is 6. The van der Waals surface area contributed by atoms with Gasteiger partial charge in [0, 0.05) is 71.7 Å². The Morgan fingerprint density at radius 2 is 0.880 bits per heavy atom. The first-order valence-corrected chi connectivity index (χ1v) is 32.0. The minimum Gasteiger partial charge on any atom is -0.459 e. The van der Waals surface area contributed by atoms with Crippen LogP contribution in [0.15, 0.2) is 210 Å². The van der Waals surface area contributed by atoms with Gasteiger partial charge in [-0.05, 0) is 76.4 Å². The Bertz CT molecular complexity index is 5180. The smallest absolute Gasteiger partial charge is 0.367 e. The number of nitrogens with one attached hydrogen (secondary N) is 1. The maximum Gasteiger partial charge on any atom is 0.367 e. The molecule has 100 heavy (non-hydrogen) atoms. The lowest BCUT2D eigenvalue weighted by Gasteiger charge is -2.41. The van der Waals surface area contributed by atoms with Gasteiger partial charge in [0.15, 0.2) is 29.1 Å². The number of esters is 4. The van der Waals surface area contributed by atoms with Crippen LogP contribution in [0.4, 0.5) is 27.6 Å². The molecule has 0 radical (unpaired) electrons. The van der Waals surface area contributed by atoms with Crippen molar-refractivity contribution in [1.82, 2.24) is 0 Å². The van der Waals surface area contributed by atoms with E-state index in [-0.39, 0.29) is 89.0 Å². The number of aliphatic imine (C=N–C) groups is 1. The molecule has 3 atom stereocenters. The van der Waals surface area contributed by atoms with Crippen molar-refractivity contribution in [2.45, 2.75) is 43.7 Å². The first kappa shape index (κ1) is 64.5. The summed E-state index contributed by atoms with van der Waals surface area (Å²) in [5, 5.41) is 43.7. The normalized spacial score (nSPS) is 17.8. The van der Waals surface area contributed by atoms with Gasteiger partial charge in [0.2, 0.25) is 5.78 Å². The summed E-state index contributed by atoms with van der Waals surface area (Å²) in [5.74, 6) is -14.5. The van der Waals surface area contributed by atoms with Gasteiger partial charge in [0.25, 0.3) is 0 Å². The van der Waals surface area contributed by atoms with Crippen LogP contribution in [0.1, 0.15) is 75.0 Å². The third-order valence-electron chi connectivity index (χ3n) is 17.3. The molecule has 24 heteroatoms. The standard InChI is InChI=1S/C76H42F4N6O12S2/c77-55-25-47-49(27-57(55)79)67(87)65(63(47)45(31-81)32-82)85-61-29-53-69(99-61)51-21-44-24-60-52(22-43(44)23-59(51)97-75(53,71(89)93-35-39-13-5-1-6-14-39)72(90)94-36-40-15-7-2-8-16-40)70-54(30-62(100-70)86-66-64(46(33-83)34-84)48-26-56(78)58(80)28-50(48)68(66)88)76(98-60,73(91)95-37-41-17-9-3-10-18-41)74(92)96-38-42-19-11-4-12-20-42/h1-30,43-44,65,85H,35-38H2/b86-66-. The fourth-order valence-corrected chi connectivity index (χ4v) is 14.8. The van der Waals surface area contributed by atoms with Gasteiger partial charge in [0.1, 0.15) is 90.1 Å².